The lowest BCUT2D eigenvalue weighted by Crippen LogP contribution is -2.13. The molecule has 12 aromatic carbocycles. The van der Waals surface area contributed by atoms with E-state index < -0.39 is 0 Å². The SMILES string of the molecule is Cc1cc(-c2ccc(N(c3ccc4oc5ccccc5c4c3)c3ccccc3-c3cccc4c3oc3ccccc34)c(C)c2)ccc1N(c1ccc2oc3ccccc3c2c1)c1ccccc1-c1cccc2c1oc1ccccc12. The van der Waals surface area contributed by atoms with Gasteiger partial charge in [-0.2, -0.15) is 0 Å². The third-order valence-corrected chi connectivity index (χ3v) is 16.1. The zero-order valence-corrected chi connectivity index (χ0v) is 43.8. The minimum atomic E-state index is 0.849. The van der Waals surface area contributed by atoms with Crippen LogP contribution in [0.3, 0.4) is 0 Å². The van der Waals surface area contributed by atoms with Gasteiger partial charge in [-0.3, -0.25) is 0 Å². The molecule has 6 nitrogen and oxygen atoms in total. The molecular weight excluding hydrogens is 981 g/mol. The average molecular weight is 1030 g/mol. The maximum atomic E-state index is 6.69. The van der Waals surface area contributed by atoms with Crippen LogP contribution < -0.4 is 9.80 Å². The van der Waals surface area contributed by atoms with E-state index in [9.17, 15) is 0 Å². The van der Waals surface area contributed by atoms with E-state index in [1.807, 2.05) is 48.5 Å². The molecule has 0 amide bonds. The van der Waals surface area contributed by atoms with Crippen LogP contribution in [-0.4, -0.2) is 0 Å². The molecule has 378 valence electrons. The Morgan fingerprint density at radius 1 is 0.237 bits per heavy atom. The molecule has 0 atom stereocenters. The normalized spacial score (nSPS) is 11.9. The highest BCUT2D eigenvalue weighted by atomic mass is 16.3. The first-order valence-corrected chi connectivity index (χ1v) is 27.1. The molecule has 80 heavy (non-hydrogen) atoms. The first-order chi connectivity index (χ1) is 39.5. The Morgan fingerprint density at radius 2 is 0.575 bits per heavy atom. The van der Waals surface area contributed by atoms with E-state index in [1.54, 1.807) is 0 Å². The minimum Gasteiger partial charge on any atom is -0.456 e. The number of aryl methyl sites for hydroxylation is 2. The number of anilines is 6. The summed E-state index contributed by atoms with van der Waals surface area (Å²) in [6.45, 7) is 4.44. The molecule has 0 unspecified atom stereocenters. The summed E-state index contributed by atoms with van der Waals surface area (Å²) in [4.78, 5) is 4.79. The third-order valence-electron chi connectivity index (χ3n) is 16.1. The summed E-state index contributed by atoms with van der Waals surface area (Å²) in [5.74, 6) is 0. The fourth-order valence-corrected chi connectivity index (χ4v) is 12.4. The second kappa shape index (κ2) is 18.0. The van der Waals surface area contributed by atoms with E-state index in [1.165, 1.54) is 0 Å². The van der Waals surface area contributed by atoms with Crippen molar-refractivity contribution in [1.82, 2.24) is 0 Å². The molecule has 0 aliphatic carbocycles. The number of rotatable bonds is 9. The molecule has 4 aromatic heterocycles. The van der Waals surface area contributed by atoms with Gasteiger partial charge in [-0.05, 0) is 133 Å². The molecule has 16 rings (SSSR count). The zero-order valence-electron chi connectivity index (χ0n) is 43.8. The van der Waals surface area contributed by atoms with Gasteiger partial charge < -0.3 is 27.5 Å². The lowest BCUT2D eigenvalue weighted by molar-refractivity contribution is 0.668. The smallest absolute Gasteiger partial charge is 0.143 e. The van der Waals surface area contributed by atoms with Crippen molar-refractivity contribution in [3.8, 4) is 33.4 Å². The van der Waals surface area contributed by atoms with Crippen molar-refractivity contribution in [3.05, 3.63) is 266 Å². The maximum absolute atomic E-state index is 6.69. The van der Waals surface area contributed by atoms with Gasteiger partial charge in [0.05, 0.1) is 11.4 Å². The van der Waals surface area contributed by atoms with Crippen LogP contribution >= 0.6 is 0 Å². The van der Waals surface area contributed by atoms with Gasteiger partial charge in [0.25, 0.3) is 0 Å². The maximum Gasteiger partial charge on any atom is 0.143 e. The Hall–Kier alpha value is -10.6. The zero-order chi connectivity index (χ0) is 53.0. The van der Waals surface area contributed by atoms with Crippen LogP contribution in [0, 0.1) is 13.8 Å². The third kappa shape index (κ3) is 7.19. The van der Waals surface area contributed by atoms with Crippen molar-refractivity contribution in [2.24, 2.45) is 0 Å². The summed E-state index contributed by atoms with van der Waals surface area (Å²) in [5, 5.41) is 8.67. The van der Waals surface area contributed by atoms with Gasteiger partial charge in [0.1, 0.15) is 44.7 Å². The van der Waals surface area contributed by atoms with Crippen LogP contribution in [0.25, 0.3) is 121 Å². The fourth-order valence-electron chi connectivity index (χ4n) is 12.4. The van der Waals surface area contributed by atoms with Crippen molar-refractivity contribution in [3.63, 3.8) is 0 Å². The Labute approximate surface area is 460 Å². The summed E-state index contributed by atoms with van der Waals surface area (Å²) in [5.41, 5.74) is 21.8. The standard InChI is InChI=1S/C74H48N2O4/c1-45-41-47(33-37-63(45)75(49-35-39-71-61(43-49)55-21-7-11-29-67(55)77-71)65-27-9-3-17-51(65)57-23-15-25-59-53-19-5-13-31-69(53)79-73(57)59)48-34-38-64(46(2)42-48)76(50-36-40-72-62(44-50)56-22-8-12-30-68(56)78-72)66-28-10-4-18-52(66)58-24-16-26-60-54-20-6-14-32-70(54)80-74(58)60/h3-44H,1-2H3. The van der Waals surface area contributed by atoms with Gasteiger partial charge in [-0.25, -0.2) is 0 Å². The molecule has 0 saturated carbocycles. The van der Waals surface area contributed by atoms with E-state index in [0.29, 0.717) is 0 Å². The van der Waals surface area contributed by atoms with Gasteiger partial charge >= 0.3 is 0 Å². The summed E-state index contributed by atoms with van der Waals surface area (Å²) in [7, 11) is 0. The summed E-state index contributed by atoms with van der Waals surface area (Å²) < 4.78 is 26.1. The highest BCUT2D eigenvalue weighted by Gasteiger charge is 2.25. The van der Waals surface area contributed by atoms with Crippen LogP contribution in [0.2, 0.25) is 0 Å². The first-order valence-electron chi connectivity index (χ1n) is 27.1. The van der Waals surface area contributed by atoms with E-state index in [0.717, 1.165) is 166 Å². The van der Waals surface area contributed by atoms with Crippen LogP contribution in [0.15, 0.2) is 272 Å². The van der Waals surface area contributed by atoms with Gasteiger partial charge in [-0.15, -0.1) is 0 Å². The van der Waals surface area contributed by atoms with Crippen molar-refractivity contribution in [2.45, 2.75) is 13.8 Å². The molecule has 6 heteroatoms. The number of hydrogen-bond donors (Lipinski definition) is 0. The molecule has 16 aromatic rings. The molecule has 0 N–H and O–H groups in total. The Morgan fingerprint density at radius 3 is 1.00 bits per heavy atom. The number of para-hydroxylation sites is 8. The predicted molar refractivity (Wildman–Crippen MR) is 331 cm³/mol. The summed E-state index contributed by atoms with van der Waals surface area (Å²) in [6.07, 6.45) is 0. The van der Waals surface area contributed by atoms with Gasteiger partial charge in [0.15, 0.2) is 0 Å². The molecule has 0 fully saturated rings. The van der Waals surface area contributed by atoms with Crippen LogP contribution in [0.5, 0.6) is 0 Å². The Kier molecular flexibility index (Phi) is 10.3. The van der Waals surface area contributed by atoms with Gasteiger partial charge in [0, 0.05) is 88.1 Å². The molecule has 4 heterocycles. The number of nitrogens with zero attached hydrogens (tertiary/aromatic N) is 2. The van der Waals surface area contributed by atoms with E-state index >= 15 is 0 Å². The Balaban J connectivity index is 0.840. The van der Waals surface area contributed by atoms with Crippen molar-refractivity contribution < 1.29 is 17.7 Å². The molecule has 0 aliphatic heterocycles. The van der Waals surface area contributed by atoms with E-state index in [4.69, 9.17) is 17.7 Å². The second-order valence-electron chi connectivity index (χ2n) is 20.8. The topological polar surface area (TPSA) is 59.0 Å². The number of fused-ring (bicyclic) bond motifs is 12. The number of benzene rings is 12. The largest absolute Gasteiger partial charge is 0.456 e. The molecular formula is C74H48N2O4. The highest BCUT2D eigenvalue weighted by molar-refractivity contribution is 6.13. The lowest BCUT2D eigenvalue weighted by Gasteiger charge is -2.30. The van der Waals surface area contributed by atoms with Crippen molar-refractivity contribution >= 4 is 122 Å². The monoisotopic (exact) mass is 1030 g/mol. The fraction of sp³-hybridized carbons (Fsp3) is 0.0270. The van der Waals surface area contributed by atoms with E-state index in [-0.39, 0.29) is 0 Å². The first kappa shape index (κ1) is 45.6. The predicted octanol–water partition coefficient (Wildman–Crippen LogP) is 21.8. The van der Waals surface area contributed by atoms with Gasteiger partial charge in [0.2, 0.25) is 0 Å². The second-order valence-corrected chi connectivity index (χ2v) is 20.8. The molecule has 0 radical (unpaired) electrons. The summed E-state index contributed by atoms with van der Waals surface area (Å²) in [6, 6.07) is 90.2. The van der Waals surface area contributed by atoms with Crippen LogP contribution in [-0.2, 0) is 0 Å². The molecule has 0 spiro atoms. The lowest BCUT2D eigenvalue weighted by atomic mass is 9.96. The summed E-state index contributed by atoms with van der Waals surface area (Å²) >= 11 is 0. The van der Waals surface area contributed by atoms with Crippen molar-refractivity contribution in [2.75, 3.05) is 9.80 Å². The average Bonchev–Trinajstić information content (AvgIpc) is 4.46. The molecule has 0 bridgehead atoms. The molecule has 0 aliphatic rings. The highest BCUT2D eigenvalue weighted by Crippen LogP contribution is 2.49. The van der Waals surface area contributed by atoms with Gasteiger partial charge in [-0.1, -0.05) is 158 Å². The Bertz CT molecular complexity index is 4820. The van der Waals surface area contributed by atoms with E-state index in [2.05, 4.69) is 230 Å². The minimum absolute atomic E-state index is 0.849. The van der Waals surface area contributed by atoms with Crippen LogP contribution in [0.1, 0.15) is 11.1 Å². The quantitative estimate of drug-likeness (QED) is 0.144. The number of hydrogen-bond acceptors (Lipinski definition) is 6. The number of furan rings is 4. The van der Waals surface area contributed by atoms with Crippen LogP contribution in [0.4, 0.5) is 34.1 Å². The molecule has 0 saturated heterocycles. The van der Waals surface area contributed by atoms with Crippen molar-refractivity contribution in [1.29, 1.82) is 0 Å².